The van der Waals surface area contributed by atoms with Crippen LogP contribution in [0, 0.1) is 11.2 Å². The van der Waals surface area contributed by atoms with Gasteiger partial charge in [-0.25, -0.2) is 4.39 Å². The van der Waals surface area contributed by atoms with Crippen LogP contribution >= 0.6 is 12.6 Å². The molecule has 0 fully saturated rings. The van der Waals surface area contributed by atoms with Crippen LogP contribution in [0.1, 0.15) is 24.2 Å². The van der Waals surface area contributed by atoms with Gasteiger partial charge in [-0.3, -0.25) is 4.79 Å². The summed E-state index contributed by atoms with van der Waals surface area (Å²) in [6.07, 6.45) is 0. The monoisotopic (exact) mass is 257 g/mol. The van der Waals surface area contributed by atoms with Crippen LogP contribution in [0.4, 0.5) is 4.39 Å². The molecule has 0 aliphatic rings. The van der Waals surface area contributed by atoms with Crippen LogP contribution < -0.4 is 5.32 Å². The van der Waals surface area contributed by atoms with Gasteiger partial charge in [0.15, 0.2) is 0 Å². The van der Waals surface area contributed by atoms with Gasteiger partial charge in [0.2, 0.25) is 0 Å². The van der Waals surface area contributed by atoms with Crippen molar-refractivity contribution in [3.63, 3.8) is 0 Å². The van der Waals surface area contributed by atoms with Gasteiger partial charge < -0.3 is 10.4 Å². The molecule has 0 spiro atoms. The third kappa shape index (κ3) is 4.02. The first kappa shape index (κ1) is 14.0. The van der Waals surface area contributed by atoms with Crippen molar-refractivity contribution < 1.29 is 14.3 Å². The first-order valence-electron chi connectivity index (χ1n) is 5.23. The molecule has 1 aromatic rings. The molecule has 0 aliphatic carbocycles. The molecule has 0 aliphatic heterocycles. The summed E-state index contributed by atoms with van der Waals surface area (Å²) in [5.41, 5.74) is -0.0235. The second-order valence-electron chi connectivity index (χ2n) is 4.67. The van der Waals surface area contributed by atoms with Gasteiger partial charge in [-0.15, -0.1) is 12.6 Å². The van der Waals surface area contributed by atoms with Crippen LogP contribution in [0.25, 0.3) is 0 Å². The molecule has 0 aromatic heterocycles. The minimum Gasteiger partial charge on any atom is -0.396 e. The van der Waals surface area contributed by atoms with E-state index in [0.717, 1.165) is 0 Å². The third-order valence-electron chi connectivity index (χ3n) is 2.36. The van der Waals surface area contributed by atoms with E-state index in [1.165, 1.54) is 18.2 Å². The van der Waals surface area contributed by atoms with Gasteiger partial charge in [0.25, 0.3) is 5.91 Å². The zero-order valence-electron chi connectivity index (χ0n) is 9.83. The van der Waals surface area contributed by atoms with Gasteiger partial charge >= 0.3 is 0 Å². The van der Waals surface area contributed by atoms with Gasteiger partial charge in [-0.05, 0) is 18.2 Å². The lowest BCUT2D eigenvalue weighted by molar-refractivity contribution is 0.0911. The number of rotatable bonds is 4. The first-order valence-corrected chi connectivity index (χ1v) is 5.68. The van der Waals surface area contributed by atoms with Crippen molar-refractivity contribution in [1.29, 1.82) is 0 Å². The number of halogens is 1. The Morgan fingerprint density at radius 3 is 2.71 bits per heavy atom. The lowest BCUT2D eigenvalue weighted by Crippen LogP contribution is -2.36. The number of carbonyl (C=O) groups is 1. The number of aliphatic hydroxyl groups excluding tert-OH is 1. The number of hydrogen-bond acceptors (Lipinski definition) is 3. The Kier molecular flexibility index (Phi) is 4.54. The molecule has 3 nitrogen and oxygen atoms in total. The van der Waals surface area contributed by atoms with E-state index in [-0.39, 0.29) is 22.8 Å². The molecule has 2 N–H and O–H groups in total. The number of amides is 1. The third-order valence-corrected chi connectivity index (χ3v) is 2.71. The molecule has 5 heteroatoms. The van der Waals surface area contributed by atoms with Crippen molar-refractivity contribution in [2.24, 2.45) is 5.41 Å². The van der Waals surface area contributed by atoms with E-state index in [1.54, 1.807) is 0 Å². The maximum absolute atomic E-state index is 13.0. The summed E-state index contributed by atoms with van der Waals surface area (Å²) in [6, 6.07) is 3.98. The van der Waals surface area contributed by atoms with Crippen molar-refractivity contribution in [1.82, 2.24) is 5.32 Å². The molecule has 0 atom stereocenters. The van der Waals surface area contributed by atoms with E-state index >= 15 is 0 Å². The summed E-state index contributed by atoms with van der Waals surface area (Å²) in [7, 11) is 0. The van der Waals surface area contributed by atoms with Gasteiger partial charge in [0.1, 0.15) is 5.82 Å². The van der Waals surface area contributed by atoms with Crippen molar-refractivity contribution in [2.75, 3.05) is 13.2 Å². The molecule has 0 unspecified atom stereocenters. The highest BCUT2D eigenvalue weighted by Crippen LogP contribution is 2.15. The summed E-state index contributed by atoms with van der Waals surface area (Å²) >= 11 is 3.91. The zero-order chi connectivity index (χ0) is 13.1. The largest absolute Gasteiger partial charge is 0.396 e. The highest BCUT2D eigenvalue weighted by molar-refractivity contribution is 7.80. The van der Waals surface area contributed by atoms with Crippen molar-refractivity contribution in [2.45, 2.75) is 18.7 Å². The fraction of sp³-hybridized carbons (Fsp3) is 0.417. The van der Waals surface area contributed by atoms with E-state index in [4.69, 9.17) is 5.11 Å². The maximum atomic E-state index is 13.0. The molecule has 0 saturated heterocycles. The lowest BCUT2D eigenvalue weighted by Gasteiger charge is -2.21. The lowest BCUT2D eigenvalue weighted by atomic mass is 9.95. The highest BCUT2D eigenvalue weighted by Gasteiger charge is 2.18. The fourth-order valence-electron chi connectivity index (χ4n) is 1.13. The Balaban J connectivity index is 2.68. The SMILES string of the molecule is CC(C)(CO)CNC(=O)c1ccc(F)c(S)c1. The van der Waals surface area contributed by atoms with Crippen LogP contribution in [0.2, 0.25) is 0 Å². The van der Waals surface area contributed by atoms with Crippen LogP contribution in [-0.4, -0.2) is 24.2 Å². The zero-order valence-corrected chi connectivity index (χ0v) is 10.7. The first-order chi connectivity index (χ1) is 7.85. The topological polar surface area (TPSA) is 49.3 Å². The highest BCUT2D eigenvalue weighted by atomic mass is 32.1. The van der Waals surface area contributed by atoms with E-state index in [9.17, 15) is 9.18 Å². The van der Waals surface area contributed by atoms with Crippen molar-refractivity contribution in [3.05, 3.63) is 29.6 Å². The normalized spacial score (nSPS) is 11.4. The second kappa shape index (κ2) is 5.51. The molecule has 1 aromatic carbocycles. The number of nitrogens with one attached hydrogen (secondary N) is 1. The second-order valence-corrected chi connectivity index (χ2v) is 5.15. The molecule has 0 bridgehead atoms. The molecular formula is C12H16FNO2S. The van der Waals surface area contributed by atoms with Crippen LogP contribution in [-0.2, 0) is 0 Å². The number of thiol groups is 1. The Morgan fingerprint density at radius 2 is 2.18 bits per heavy atom. The molecule has 1 amide bonds. The molecule has 17 heavy (non-hydrogen) atoms. The molecule has 1 rings (SSSR count). The standard InChI is InChI=1S/C12H16FNO2S/c1-12(2,7-15)6-14-11(16)8-3-4-9(13)10(17)5-8/h3-5,15,17H,6-7H2,1-2H3,(H,14,16). The van der Waals surface area contributed by atoms with Crippen molar-refractivity contribution >= 4 is 18.5 Å². The van der Waals surface area contributed by atoms with Gasteiger partial charge in [-0.1, -0.05) is 13.8 Å². The summed E-state index contributed by atoms with van der Waals surface area (Å²) in [6.45, 7) is 4.00. The number of benzene rings is 1. The molecule has 0 saturated carbocycles. The predicted octanol–water partition coefficient (Wildman–Crippen LogP) is 1.86. The predicted molar refractivity (Wildman–Crippen MR) is 66.9 cm³/mol. The molecular weight excluding hydrogens is 241 g/mol. The number of aliphatic hydroxyl groups is 1. The Hall–Kier alpha value is -1.07. The fourth-order valence-corrected chi connectivity index (χ4v) is 1.35. The van der Waals surface area contributed by atoms with E-state index in [0.29, 0.717) is 12.1 Å². The molecule has 0 heterocycles. The number of hydrogen-bond donors (Lipinski definition) is 3. The van der Waals surface area contributed by atoms with Crippen molar-refractivity contribution in [3.8, 4) is 0 Å². The van der Waals surface area contributed by atoms with Crippen LogP contribution in [0.5, 0.6) is 0 Å². The quantitative estimate of drug-likeness (QED) is 0.721. The Labute approximate surface area is 105 Å². The minimum absolute atomic E-state index is 0.0193. The summed E-state index contributed by atoms with van der Waals surface area (Å²) in [5, 5.41) is 11.7. The van der Waals surface area contributed by atoms with Gasteiger partial charge in [-0.2, -0.15) is 0 Å². The minimum atomic E-state index is -0.458. The summed E-state index contributed by atoms with van der Waals surface area (Å²) in [4.78, 5) is 11.9. The van der Waals surface area contributed by atoms with Gasteiger partial charge in [0, 0.05) is 29.0 Å². The van der Waals surface area contributed by atoms with E-state index in [1.807, 2.05) is 13.8 Å². The Bertz CT molecular complexity index is 421. The summed E-state index contributed by atoms with van der Waals surface area (Å²) < 4.78 is 13.0. The molecule has 0 radical (unpaired) electrons. The van der Waals surface area contributed by atoms with E-state index in [2.05, 4.69) is 17.9 Å². The molecule has 94 valence electrons. The van der Waals surface area contributed by atoms with E-state index < -0.39 is 5.82 Å². The number of carbonyl (C=O) groups excluding carboxylic acids is 1. The average molecular weight is 257 g/mol. The smallest absolute Gasteiger partial charge is 0.251 e. The van der Waals surface area contributed by atoms with Crippen LogP contribution in [0.15, 0.2) is 23.1 Å². The average Bonchev–Trinajstić information content (AvgIpc) is 2.30. The maximum Gasteiger partial charge on any atom is 0.251 e. The summed E-state index contributed by atoms with van der Waals surface area (Å²) in [5.74, 6) is -0.762. The van der Waals surface area contributed by atoms with Gasteiger partial charge in [0.05, 0.1) is 0 Å². The Morgan fingerprint density at radius 1 is 1.53 bits per heavy atom. The van der Waals surface area contributed by atoms with Crippen LogP contribution in [0.3, 0.4) is 0 Å².